The molecule has 1 saturated carbocycles. The average Bonchev–Trinajstić information content (AvgIpc) is 2.89. The summed E-state index contributed by atoms with van der Waals surface area (Å²) in [5.41, 5.74) is 0.947. The van der Waals surface area contributed by atoms with E-state index < -0.39 is 0 Å². The summed E-state index contributed by atoms with van der Waals surface area (Å²) >= 11 is 0. The summed E-state index contributed by atoms with van der Waals surface area (Å²) in [7, 11) is 2.08. The lowest BCUT2D eigenvalue weighted by atomic mass is 10.1. The summed E-state index contributed by atoms with van der Waals surface area (Å²) in [6.45, 7) is 4.84. The summed E-state index contributed by atoms with van der Waals surface area (Å²) in [5.74, 6) is 0.658. The van der Waals surface area contributed by atoms with Gasteiger partial charge in [-0.2, -0.15) is 0 Å². The molecule has 0 spiro atoms. The van der Waals surface area contributed by atoms with E-state index in [1.54, 1.807) is 6.07 Å². The van der Waals surface area contributed by atoms with Gasteiger partial charge in [0.05, 0.1) is 6.20 Å². The number of hydrogen-bond acceptors (Lipinski definition) is 3. The lowest BCUT2D eigenvalue weighted by molar-refractivity contribution is 0.571. The zero-order valence-electron chi connectivity index (χ0n) is 12.1. The molecule has 4 heteroatoms. The van der Waals surface area contributed by atoms with Crippen LogP contribution in [0.25, 0.3) is 0 Å². The van der Waals surface area contributed by atoms with Gasteiger partial charge in [-0.25, -0.2) is 9.37 Å². The van der Waals surface area contributed by atoms with Crippen LogP contribution in [0.4, 0.5) is 10.2 Å². The van der Waals surface area contributed by atoms with Crippen molar-refractivity contribution in [2.75, 3.05) is 11.9 Å². The molecule has 0 bridgehead atoms. The zero-order chi connectivity index (χ0) is 13.8. The Balaban J connectivity index is 2.17. The minimum atomic E-state index is -0.260. The first-order valence-corrected chi connectivity index (χ1v) is 7.18. The first-order chi connectivity index (χ1) is 9.08. The average molecular weight is 265 g/mol. The number of aromatic nitrogens is 1. The van der Waals surface area contributed by atoms with Gasteiger partial charge in [0.2, 0.25) is 0 Å². The largest absolute Gasteiger partial charge is 0.356 e. The Morgan fingerprint density at radius 2 is 2.11 bits per heavy atom. The van der Waals surface area contributed by atoms with Gasteiger partial charge in [-0.15, -0.1) is 0 Å². The second-order valence-electron chi connectivity index (χ2n) is 5.72. The van der Waals surface area contributed by atoms with Crippen molar-refractivity contribution in [1.29, 1.82) is 0 Å². The summed E-state index contributed by atoms with van der Waals surface area (Å²) in [5, 5.41) is 3.34. The summed E-state index contributed by atoms with van der Waals surface area (Å²) < 4.78 is 13.4. The fourth-order valence-corrected chi connectivity index (χ4v) is 2.70. The molecule has 1 aliphatic rings. The van der Waals surface area contributed by atoms with Gasteiger partial charge < -0.3 is 10.2 Å². The number of halogens is 1. The molecule has 2 rings (SSSR count). The molecular formula is C15H24FN3. The van der Waals surface area contributed by atoms with Gasteiger partial charge in [0, 0.05) is 31.2 Å². The van der Waals surface area contributed by atoms with E-state index in [2.05, 4.69) is 36.1 Å². The highest BCUT2D eigenvalue weighted by Crippen LogP contribution is 2.28. The highest BCUT2D eigenvalue weighted by Gasteiger charge is 2.22. The second kappa shape index (κ2) is 6.33. The number of anilines is 1. The van der Waals surface area contributed by atoms with Crippen LogP contribution in [0, 0.1) is 5.82 Å². The van der Waals surface area contributed by atoms with Crippen LogP contribution in [0.2, 0.25) is 0 Å². The Bertz CT molecular complexity index is 414. The quantitative estimate of drug-likeness (QED) is 0.886. The third-order valence-electron chi connectivity index (χ3n) is 3.82. The summed E-state index contributed by atoms with van der Waals surface area (Å²) in [4.78, 5) is 6.54. The molecule has 1 heterocycles. The molecule has 0 aliphatic heterocycles. The molecule has 0 aromatic carbocycles. The minimum Gasteiger partial charge on any atom is -0.356 e. The minimum absolute atomic E-state index is 0.260. The van der Waals surface area contributed by atoms with Crippen LogP contribution >= 0.6 is 0 Å². The number of nitrogens with zero attached hydrogens (tertiary/aromatic N) is 2. The molecule has 0 amide bonds. The number of hydrogen-bond donors (Lipinski definition) is 1. The van der Waals surface area contributed by atoms with E-state index in [0.717, 1.165) is 11.4 Å². The summed E-state index contributed by atoms with van der Waals surface area (Å²) in [6, 6.07) is 2.53. The van der Waals surface area contributed by atoms with Crippen molar-refractivity contribution in [1.82, 2.24) is 10.3 Å². The fourth-order valence-electron chi connectivity index (χ4n) is 2.70. The molecule has 1 aliphatic carbocycles. The third-order valence-corrected chi connectivity index (χ3v) is 3.82. The second-order valence-corrected chi connectivity index (χ2v) is 5.72. The monoisotopic (exact) mass is 265 g/mol. The van der Waals surface area contributed by atoms with Crippen LogP contribution in [0.3, 0.4) is 0 Å². The number of nitrogens with one attached hydrogen (secondary N) is 1. The predicted octanol–water partition coefficient (Wildman–Crippen LogP) is 3.10. The van der Waals surface area contributed by atoms with Gasteiger partial charge >= 0.3 is 0 Å². The molecule has 0 saturated heterocycles. The van der Waals surface area contributed by atoms with Crippen molar-refractivity contribution in [3.05, 3.63) is 23.6 Å². The van der Waals surface area contributed by atoms with E-state index in [0.29, 0.717) is 18.6 Å². The lowest BCUT2D eigenvalue weighted by Gasteiger charge is -2.27. The first kappa shape index (κ1) is 14.3. The summed E-state index contributed by atoms with van der Waals surface area (Å²) in [6.07, 6.45) is 6.32. The Kier molecular flexibility index (Phi) is 4.75. The van der Waals surface area contributed by atoms with E-state index in [1.165, 1.54) is 31.9 Å². The Labute approximate surface area is 115 Å². The molecule has 3 nitrogen and oxygen atoms in total. The molecule has 1 aromatic rings. The van der Waals surface area contributed by atoms with Crippen LogP contribution in [-0.4, -0.2) is 24.1 Å². The van der Waals surface area contributed by atoms with Crippen molar-refractivity contribution in [2.24, 2.45) is 0 Å². The van der Waals surface area contributed by atoms with E-state index in [-0.39, 0.29) is 5.82 Å². The molecule has 0 radical (unpaired) electrons. The van der Waals surface area contributed by atoms with Crippen molar-refractivity contribution in [3.63, 3.8) is 0 Å². The topological polar surface area (TPSA) is 28.2 Å². The van der Waals surface area contributed by atoms with Gasteiger partial charge in [-0.1, -0.05) is 26.7 Å². The Morgan fingerprint density at radius 1 is 1.42 bits per heavy atom. The van der Waals surface area contributed by atoms with E-state index in [4.69, 9.17) is 0 Å². The SMILES string of the molecule is CC(C)NCc1cc(F)cnc1N(C)C1CCCC1. The molecule has 1 fully saturated rings. The fraction of sp³-hybridized carbons (Fsp3) is 0.667. The molecule has 106 valence electrons. The molecule has 19 heavy (non-hydrogen) atoms. The maximum Gasteiger partial charge on any atom is 0.141 e. The van der Waals surface area contributed by atoms with Gasteiger partial charge in [0.25, 0.3) is 0 Å². The number of rotatable bonds is 5. The van der Waals surface area contributed by atoms with Crippen LogP contribution in [0.15, 0.2) is 12.3 Å². The lowest BCUT2D eigenvalue weighted by Crippen LogP contribution is -2.32. The van der Waals surface area contributed by atoms with Crippen LogP contribution in [0.5, 0.6) is 0 Å². The highest BCUT2D eigenvalue weighted by molar-refractivity contribution is 5.47. The van der Waals surface area contributed by atoms with Crippen molar-refractivity contribution < 1.29 is 4.39 Å². The van der Waals surface area contributed by atoms with E-state index in [9.17, 15) is 4.39 Å². The third kappa shape index (κ3) is 3.66. The highest BCUT2D eigenvalue weighted by atomic mass is 19.1. The molecule has 1 N–H and O–H groups in total. The van der Waals surface area contributed by atoms with Crippen molar-refractivity contribution >= 4 is 5.82 Å². The van der Waals surface area contributed by atoms with Gasteiger partial charge in [-0.05, 0) is 18.9 Å². The predicted molar refractivity (Wildman–Crippen MR) is 76.8 cm³/mol. The molecule has 0 unspecified atom stereocenters. The zero-order valence-corrected chi connectivity index (χ0v) is 12.1. The smallest absolute Gasteiger partial charge is 0.141 e. The maximum atomic E-state index is 13.4. The van der Waals surface area contributed by atoms with Crippen molar-refractivity contribution in [3.8, 4) is 0 Å². The maximum absolute atomic E-state index is 13.4. The van der Waals surface area contributed by atoms with Crippen molar-refractivity contribution in [2.45, 2.75) is 58.2 Å². The molecule has 0 atom stereocenters. The standard InChI is InChI=1S/C15H24FN3/c1-11(2)17-9-12-8-13(16)10-18-15(12)19(3)14-6-4-5-7-14/h8,10-11,14,17H,4-7,9H2,1-3H3. The molecular weight excluding hydrogens is 241 g/mol. The van der Waals surface area contributed by atoms with Crippen LogP contribution < -0.4 is 10.2 Å². The normalized spacial score (nSPS) is 16.3. The van der Waals surface area contributed by atoms with E-state index >= 15 is 0 Å². The Morgan fingerprint density at radius 3 is 2.74 bits per heavy atom. The van der Waals surface area contributed by atoms with E-state index in [1.807, 2.05) is 0 Å². The van der Waals surface area contributed by atoms with Gasteiger partial charge in [-0.3, -0.25) is 0 Å². The molecule has 1 aromatic heterocycles. The van der Waals surface area contributed by atoms with Gasteiger partial charge in [0.1, 0.15) is 11.6 Å². The van der Waals surface area contributed by atoms with Crippen LogP contribution in [-0.2, 0) is 6.54 Å². The first-order valence-electron chi connectivity index (χ1n) is 7.18. The van der Waals surface area contributed by atoms with Gasteiger partial charge in [0.15, 0.2) is 0 Å². The Hall–Kier alpha value is -1.16. The van der Waals surface area contributed by atoms with Crippen LogP contribution in [0.1, 0.15) is 45.1 Å². The number of pyridine rings is 1.